The Kier molecular flexibility index (Phi) is 7.43. The molecule has 2 fully saturated rings. The minimum absolute atomic E-state index is 0.264. The summed E-state index contributed by atoms with van der Waals surface area (Å²) in [5.74, 6) is -0.333. The molecule has 2 aromatic carbocycles. The fourth-order valence-corrected chi connectivity index (χ4v) is 5.75. The van der Waals surface area contributed by atoms with Crippen LogP contribution in [0.2, 0.25) is 0 Å². The Morgan fingerprint density at radius 1 is 1.14 bits per heavy atom. The highest BCUT2D eigenvalue weighted by Crippen LogP contribution is 2.46. The number of carboxylic acids is 1. The normalized spacial score (nSPS) is 18.2. The third kappa shape index (κ3) is 5.48. The highest BCUT2D eigenvalue weighted by atomic mass is 32.2. The maximum atomic E-state index is 12.2. The first-order valence-corrected chi connectivity index (χ1v) is 14.3. The van der Waals surface area contributed by atoms with Gasteiger partial charge in [0.15, 0.2) is 9.84 Å². The topological polar surface area (TPSA) is 95.9 Å². The smallest absolute Gasteiger partial charge is 0.314 e. The summed E-state index contributed by atoms with van der Waals surface area (Å²) in [6, 6.07) is 13.1. The van der Waals surface area contributed by atoms with Gasteiger partial charge in [-0.25, -0.2) is 8.42 Å². The molecule has 0 bridgehead atoms. The van der Waals surface area contributed by atoms with Crippen molar-refractivity contribution in [3.63, 3.8) is 0 Å². The molecule has 4 rings (SSSR count). The van der Waals surface area contributed by atoms with Gasteiger partial charge < -0.3 is 20.1 Å². The minimum Gasteiger partial charge on any atom is -0.481 e. The predicted octanol–water partition coefficient (Wildman–Crippen LogP) is 4.98. The predicted molar refractivity (Wildman–Crippen MR) is 138 cm³/mol. The fraction of sp³-hybridized carbons (Fsp3) is 0.519. The lowest BCUT2D eigenvalue weighted by Crippen LogP contribution is -2.43. The van der Waals surface area contributed by atoms with Crippen LogP contribution in [0.1, 0.15) is 51.5 Å². The average Bonchev–Trinajstić information content (AvgIpc) is 2.77. The minimum atomic E-state index is -3.29. The Morgan fingerprint density at radius 2 is 1.80 bits per heavy atom. The van der Waals surface area contributed by atoms with Crippen molar-refractivity contribution >= 4 is 32.9 Å². The van der Waals surface area contributed by atoms with E-state index in [1.54, 1.807) is 24.3 Å². The molecule has 1 saturated heterocycles. The van der Waals surface area contributed by atoms with Crippen molar-refractivity contribution in [1.82, 2.24) is 0 Å². The Hall–Kier alpha value is -2.58. The van der Waals surface area contributed by atoms with Crippen LogP contribution in [0.5, 0.6) is 0 Å². The lowest BCUT2D eigenvalue weighted by atomic mass is 9.64. The molecule has 0 aromatic heterocycles. The van der Waals surface area contributed by atoms with E-state index in [-0.39, 0.29) is 4.90 Å². The van der Waals surface area contributed by atoms with Crippen LogP contribution >= 0.6 is 0 Å². The average molecular weight is 501 g/mol. The van der Waals surface area contributed by atoms with E-state index in [0.717, 1.165) is 61.6 Å². The number of sulfone groups is 1. The van der Waals surface area contributed by atoms with E-state index >= 15 is 0 Å². The third-order valence-corrected chi connectivity index (χ3v) is 8.36. The summed E-state index contributed by atoms with van der Waals surface area (Å²) in [5.41, 5.74) is 2.60. The molecule has 2 N–H and O–H groups in total. The summed E-state index contributed by atoms with van der Waals surface area (Å²) in [6.07, 6.45) is 5.26. The zero-order valence-corrected chi connectivity index (χ0v) is 21.6. The molecule has 7 nitrogen and oxygen atoms in total. The highest BCUT2D eigenvalue weighted by Gasteiger charge is 2.46. The van der Waals surface area contributed by atoms with Crippen molar-refractivity contribution in [2.24, 2.45) is 5.92 Å². The molecule has 1 heterocycles. The van der Waals surface area contributed by atoms with Crippen molar-refractivity contribution in [3.05, 3.63) is 48.0 Å². The number of ether oxygens (including phenoxy) is 1. The van der Waals surface area contributed by atoms with Crippen LogP contribution in [-0.2, 0) is 24.8 Å². The van der Waals surface area contributed by atoms with Crippen LogP contribution in [0.25, 0.3) is 0 Å². The number of benzene rings is 2. The molecule has 0 spiro atoms. The van der Waals surface area contributed by atoms with Gasteiger partial charge >= 0.3 is 5.97 Å². The van der Waals surface area contributed by atoms with Crippen LogP contribution in [-0.4, -0.2) is 51.5 Å². The van der Waals surface area contributed by atoms with Gasteiger partial charge in [0.05, 0.1) is 21.7 Å². The van der Waals surface area contributed by atoms with E-state index < -0.39 is 21.2 Å². The van der Waals surface area contributed by atoms with Gasteiger partial charge in [-0.3, -0.25) is 4.79 Å². The molecule has 1 saturated carbocycles. The molecular formula is C27H36N2O5S. The van der Waals surface area contributed by atoms with E-state index in [1.807, 2.05) is 12.1 Å². The van der Waals surface area contributed by atoms with E-state index in [4.69, 9.17) is 4.74 Å². The molecule has 1 aliphatic carbocycles. The molecule has 0 amide bonds. The third-order valence-electron chi connectivity index (χ3n) is 7.23. The van der Waals surface area contributed by atoms with Crippen molar-refractivity contribution in [2.45, 2.75) is 62.3 Å². The first kappa shape index (κ1) is 25.5. The second-order valence-corrected chi connectivity index (χ2v) is 12.3. The van der Waals surface area contributed by atoms with Crippen LogP contribution in [0.15, 0.2) is 47.4 Å². The second-order valence-electron chi connectivity index (χ2n) is 10.3. The molecule has 0 unspecified atom stereocenters. The van der Waals surface area contributed by atoms with Gasteiger partial charge in [0.2, 0.25) is 0 Å². The molecular weight excluding hydrogens is 464 g/mol. The van der Waals surface area contributed by atoms with Gasteiger partial charge in [0.1, 0.15) is 0 Å². The van der Waals surface area contributed by atoms with Crippen LogP contribution in [0.4, 0.5) is 17.1 Å². The highest BCUT2D eigenvalue weighted by molar-refractivity contribution is 7.90. The van der Waals surface area contributed by atoms with Gasteiger partial charge in [-0.1, -0.05) is 26.3 Å². The number of nitrogens with one attached hydrogen (secondary N) is 1. The van der Waals surface area contributed by atoms with E-state index in [2.05, 4.69) is 30.1 Å². The largest absolute Gasteiger partial charge is 0.481 e. The van der Waals surface area contributed by atoms with Gasteiger partial charge in [-0.2, -0.15) is 0 Å². The van der Waals surface area contributed by atoms with Gasteiger partial charge in [-0.05, 0) is 73.6 Å². The summed E-state index contributed by atoms with van der Waals surface area (Å²) >= 11 is 0. The summed E-state index contributed by atoms with van der Waals surface area (Å²) < 4.78 is 29.4. The van der Waals surface area contributed by atoms with Crippen molar-refractivity contribution in [3.8, 4) is 0 Å². The Balaban J connectivity index is 1.76. The molecule has 8 heteroatoms. The van der Waals surface area contributed by atoms with Crippen LogP contribution < -0.4 is 10.2 Å². The number of aliphatic carboxylic acids is 1. The number of hydrogen-bond donors (Lipinski definition) is 2. The lowest BCUT2D eigenvalue weighted by Gasteiger charge is -2.41. The first-order valence-electron chi connectivity index (χ1n) is 12.4. The summed E-state index contributed by atoms with van der Waals surface area (Å²) in [5, 5.41) is 13.5. The quantitative estimate of drug-likeness (QED) is 0.501. The van der Waals surface area contributed by atoms with Crippen molar-refractivity contribution < 1.29 is 23.1 Å². The number of rotatable bonds is 9. The van der Waals surface area contributed by atoms with Crippen molar-refractivity contribution in [2.75, 3.05) is 36.2 Å². The first-order chi connectivity index (χ1) is 16.6. The number of hydrogen-bond acceptors (Lipinski definition) is 6. The lowest BCUT2D eigenvalue weighted by molar-refractivity contribution is -0.147. The SMILES string of the molecule is CC(C)CN(c1ccc(C2(C(=O)O)CCC2)cc1Nc1ccc(S(C)(=O)=O)cc1)C1CCOCC1. The Morgan fingerprint density at radius 3 is 2.31 bits per heavy atom. The summed E-state index contributed by atoms with van der Waals surface area (Å²) in [4.78, 5) is 14.9. The number of carboxylic acid groups (broad SMARTS) is 1. The summed E-state index contributed by atoms with van der Waals surface area (Å²) in [7, 11) is -3.29. The maximum Gasteiger partial charge on any atom is 0.314 e. The molecule has 35 heavy (non-hydrogen) atoms. The van der Waals surface area contributed by atoms with Crippen LogP contribution in [0, 0.1) is 5.92 Å². The number of carbonyl (C=O) groups is 1. The maximum absolute atomic E-state index is 12.2. The number of anilines is 3. The van der Waals surface area contributed by atoms with Crippen LogP contribution in [0.3, 0.4) is 0 Å². The Labute approximate surface area is 208 Å². The zero-order valence-electron chi connectivity index (χ0n) is 20.8. The van der Waals surface area contributed by atoms with E-state index in [0.29, 0.717) is 24.8 Å². The summed E-state index contributed by atoms with van der Waals surface area (Å²) in [6.45, 7) is 6.73. The molecule has 1 aliphatic heterocycles. The van der Waals surface area contributed by atoms with Gasteiger partial charge in [-0.15, -0.1) is 0 Å². The second kappa shape index (κ2) is 10.2. The molecule has 2 aliphatic rings. The van der Waals surface area contributed by atoms with Gasteiger partial charge in [0, 0.05) is 37.7 Å². The number of nitrogens with zero attached hydrogens (tertiary/aromatic N) is 1. The Bertz CT molecular complexity index is 1150. The molecule has 0 atom stereocenters. The van der Waals surface area contributed by atoms with E-state index in [1.165, 1.54) is 6.26 Å². The molecule has 0 radical (unpaired) electrons. The van der Waals surface area contributed by atoms with E-state index in [9.17, 15) is 18.3 Å². The van der Waals surface area contributed by atoms with Gasteiger partial charge in [0.25, 0.3) is 0 Å². The fourth-order valence-electron chi connectivity index (χ4n) is 5.12. The van der Waals surface area contributed by atoms with Crippen molar-refractivity contribution in [1.29, 1.82) is 0 Å². The standard InChI is InChI=1S/C27H36N2O5S/c1-19(2)18-29(22-11-15-34-16-12-22)25-10-5-20(27(26(30)31)13-4-14-27)17-24(25)28-21-6-8-23(9-7-21)35(3,32)33/h5-10,17,19,22,28H,4,11-16,18H2,1-3H3,(H,30,31). The molecule has 190 valence electrons. The monoisotopic (exact) mass is 500 g/mol. The molecule has 2 aromatic rings. The zero-order chi connectivity index (χ0) is 25.2.